The Morgan fingerprint density at radius 2 is 2.36 bits per heavy atom. The molecule has 0 fully saturated rings. The van der Waals surface area contributed by atoms with Crippen LogP contribution in [0.2, 0.25) is 0 Å². The lowest BCUT2D eigenvalue weighted by Crippen LogP contribution is -2.29. The van der Waals surface area contributed by atoms with E-state index >= 15 is 0 Å². The quantitative estimate of drug-likeness (QED) is 0.612. The van der Waals surface area contributed by atoms with Crippen LogP contribution in [-0.4, -0.2) is 34.5 Å². The maximum absolute atomic E-state index is 9.08. The minimum Gasteiger partial charge on any atom is -0.394 e. The molecule has 1 aromatic heterocycles. The first-order valence-electron chi connectivity index (χ1n) is 4.63. The third-order valence-electron chi connectivity index (χ3n) is 2.04. The van der Waals surface area contributed by atoms with E-state index < -0.39 is 6.10 Å². The third-order valence-corrected chi connectivity index (χ3v) is 2.04. The molecular formula is C10H16N2O2. The molecule has 0 aromatic carbocycles. The van der Waals surface area contributed by atoms with Crippen molar-refractivity contribution in [3.05, 3.63) is 29.6 Å². The van der Waals surface area contributed by atoms with Gasteiger partial charge in [0, 0.05) is 25.5 Å². The Labute approximate surface area is 83.6 Å². The van der Waals surface area contributed by atoms with Gasteiger partial charge in [-0.2, -0.15) is 0 Å². The number of nitrogens with one attached hydrogen (secondary N) is 1. The molecule has 0 radical (unpaired) electrons. The molecule has 78 valence electrons. The zero-order valence-electron chi connectivity index (χ0n) is 8.27. The maximum Gasteiger partial charge on any atom is 0.0895 e. The second-order valence-corrected chi connectivity index (χ2v) is 3.27. The highest BCUT2D eigenvalue weighted by molar-refractivity contribution is 5.21. The van der Waals surface area contributed by atoms with Crippen molar-refractivity contribution in [2.75, 3.05) is 13.2 Å². The zero-order valence-corrected chi connectivity index (χ0v) is 8.27. The summed E-state index contributed by atoms with van der Waals surface area (Å²) >= 11 is 0. The van der Waals surface area contributed by atoms with Crippen LogP contribution < -0.4 is 5.32 Å². The number of nitrogens with zero attached hydrogens (tertiary/aromatic N) is 1. The van der Waals surface area contributed by atoms with Crippen LogP contribution in [0.4, 0.5) is 0 Å². The van der Waals surface area contributed by atoms with Crippen molar-refractivity contribution in [2.24, 2.45) is 0 Å². The number of hydrogen-bond acceptors (Lipinski definition) is 4. The van der Waals surface area contributed by atoms with Gasteiger partial charge in [-0.25, -0.2) is 0 Å². The van der Waals surface area contributed by atoms with Crippen molar-refractivity contribution in [3.63, 3.8) is 0 Å². The molecule has 0 saturated carbocycles. The van der Waals surface area contributed by atoms with Gasteiger partial charge in [0.15, 0.2) is 0 Å². The molecule has 14 heavy (non-hydrogen) atoms. The number of hydrogen-bond donors (Lipinski definition) is 3. The molecule has 0 aliphatic heterocycles. The van der Waals surface area contributed by atoms with Gasteiger partial charge in [0.05, 0.1) is 12.7 Å². The molecule has 0 aliphatic carbocycles. The van der Waals surface area contributed by atoms with E-state index in [9.17, 15) is 0 Å². The number of aliphatic hydroxyl groups excluding tert-OH is 2. The van der Waals surface area contributed by atoms with Gasteiger partial charge < -0.3 is 15.5 Å². The molecule has 0 spiro atoms. The summed E-state index contributed by atoms with van der Waals surface area (Å²) in [5.41, 5.74) is 2.28. The normalized spacial score (nSPS) is 12.8. The second kappa shape index (κ2) is 5.70. The molecule has 0 amide bonds. The molecule has 4 nitrogen and oxygen atoms in total. The Morgan fingerprint density at radius 1 is 1.57 bits per heavy atom. The van der Waals surface area contributed by atoms with Crippen LogP contribution in [0.3, 0.4) is 0 Å². The number of rotatable bonds is 5. The van der Waals surface area contributed by atoms with E-state index in [0.717, 1.165) is 11.1 Å². The average molecular weight is 196 g/mol. The fraction of sp³-hybridized carbons (Fsp3) is 0.500. The zero-order chi connectivity index (χ0) is 10.4. The highest BCUT2D eigenvalue weighted by Crippen LogP contribution is 2.03. The van der Waals surface area contributed by atoms with Crippen molar-refractivity contribution < 1.29 is 10.2 Å². The third kappa shape index (κ3) is 3.41. The largest absolute Gasteiger partial charge is 0.394 e. The fourth-order valence-electron chi connectivity index (χ4n) is 1.14. The van der Waals surface area contributed by atoms with Crippen LogP contribution in [0.1, 0.15) is 11.1 Å². The summed E-state index contributed by atoms with van der Waals surface area (Å²) in [6, 6.07) is 1.94. The summed E-state index contributed by atoms with van der Waals surface area (Å²) in [6.07, 6.45) is 2.86. The number of aromatic nitrogens is 1. The SMILES string of the molecule is Cc1cnccc1CNC[C@H](O)CO. The maximum atomic E-state index is 9.08. The van der Waals surface area contributed by atoms with E-state index in [2.05, 4.69) is 10.3 Å². The molecule has 0 unspecified atom stereocenters. The summed E-state index contributed by atoms with van der Waals surface area (Å²) in [5, 5.41) is 20.7. The number of aryl methyl sites for hydroxylation is 1. The molecular weight excluding hydrogens is 180 g/mol. The van der Waals surface area contributed by atoms with Gasteiger partial charge in [-0.15, -0.1) is 0 Å². The van der Waals surface area contributed by atoms with Crippen molar-refractivity contribution in [2.45, 2.75) is 19.6 Å². The fourth-order valence-corrected chi connectivity index (χ4v) is 1.14. The molecule has 0 bridgehead atoms. The summed E-state index contributed by atoms with van der Waals surface area (Å²) < 4.78 is 0. The van der Waals surface area contributed by atoms with Crippen LogP contribution in [-0.2, 0) is 6.54 Å². The van der Waals surface area contributed by atoms with Crippen molar-refractivity contribution >= 4 is 0 Å². The monoisotopic (exact) mass is 196 g/mol. The predicted molar refractivity (Wildman–Crippen MR) is 53.8 cm³/mol. The number of aliphatic hydroxyl groups is 2. The van der Waals surface area contributed by atoms with Crippen LogP contribution in [0.25, 0.3) is 0 Å². The summed E-state index contributed by atoms with van der Waals surface area (Å²) in [6.45, 7) is 2.87. The van der Waals surface area contributed by atoms with Gasteiger partial charge in [-0.3, -0.25) is 4.98 Å². The van der Waals surface area contributed by atoms with E-state index in [1.807, 2.05) is 13.0 Å². The van der Waals surface area contributed by atoms with Crippen LogP contribution in [0.15, 0.2) is 18.5 Å². The molecule has 0 aliphatic rings. The van der Waals surface area contributed by atoms with Gasteiger partial charge in [0.25, 0.3) is 0 Å². The van der Waals surface area contributed by atoms with Crippen molar-refractivity contribution in [1.29, 1.82) is 0 Å². The Bertz CT molecular complexity index is 279. The lowest BCUT2D eigenvalue weighted by Gasteiger charge is -2.09. The van der Waals surface area contributed by atoms with E-state index in [4.69, 9.17) is 10.2 Å². The summed E-state index contributed by atoms with van der Waals surface area (Å²) in [7, 11) is 0. The topological polar surface area (TPSA) is 65.4 Å². The van der Waals surface area contributed by atoms with Gasteiger partial charge in [0.2, 0.25) is 0 Å². The molecule has 1 aromatic rings. The first-order chi connectivity index (χ1) is 6.74. The highest BCUT2D eigenvalue weighted by atomic mass is 16.3. The van der Waals surface area contributed by atoms with Crippen molar-refractivity contribution in [1.82, 2.24) is 10.3 Å². The molecule has 3 N–H and O–H groups in total. The Morgan fingerprint density at radius 3 is 3.00 bits per heavy atom. The van der Waals surface area contributed by atoms with Gasteiger partial charge >= 0.3 is 0 Å². The Kier molecular flexibility index (Phi) is 4.52. The molecule has 0 saturated heterocycles. The first-order valence-corrected chi connectivity index (χ1v) is 4.63. The number of pyridine rings is 1. The second-order valence-electron chi connectivity index (χ2n) is 3.27. The Hall–Kier alpha value is -0.970. The molecule has 1 atom stereocenters. The van der Waals surface area contributed by atoms with Crippen LogP contribution >= 0.6 is 0 Å². The minimum absolute atomic E-state index is 0.206. The lowest BCUT2D eigenvalue weighted by atomic mass is 10.1. The first kappa shape index (κ1) is 11.1. The van der Waals surface area contributed by atoms with Gasteiger partial charge in [0.1, 0.15) is 0 Å². The Balaban J connectivity index is 2.35. The van der Waals surface area contributed by atoms with E-state index in [1.165, 1.54) is 0 Å². The predicted octanol–water partition coefficient (Wildman–Crippen LogP) is -0.167. The summed E-state index contributed by atoms with van der Waals surface area (Å²) in [5.74, 6) is 0. The summed E-state index contributed by atoms with van der Waals surface area (Å²) in [4.78, 5) is 3.99. The van der Waals surface area contributed by atoms with E-state index in [1.54, 1.807) is 12.4 Å². The average Bonchev–Trinajstić information content (AvgIpc) is 2.20. The molecule has 4 heteroatoms. The molecule has 1 heterocycles. The standard InChI is InChI=1S/C10H16N2O2/c1-8-4-11-3-2-9(8)5-12-6-10(14)7-13/h2-4,10,12-14H,5-7H2,1H3/t10-/m0/s1. The van der Waals surface area contributed by atoms with Gasteiger partial charge in [-0.05, 0) is 24.1 Å². The van der Waals surface area contributed by atoms with E-state index in [-0.39, 0.29) is 6.61 Å². The molecule has 1 rings (SSSR count). The van der Waals surface area contributed by atoms with Crippen LogP contribution in [0, 0.1) is 6.92 Å². The highest BCUT2D eigenvalue weighted by Gasteiger charge is 2.01. The minimum atomic E-state index is -0.683. The van der Waals surface area contributed by atoms with Gasteiger partial charge in [-0.1, -0.05) is 0 Å². The van der Waals surface area contributed by atoms with Crippen molar-refractivity contribution in [3.8, 4) is 0 Å². The van der Waals surface area contributed by atoms with Crippen LogP contribution in [0.5, 0.6) is 0 Å². The lowest BCUT2D eigenvalue weighted by molar-refractivity contribution is 0.0942. The van der Waals surface area contributed by atoms with E-state index in [0.29, 0.717) is 13.1 Å². The smallest absolute Gasteiger partial charge is 0.0895 e.